The Bertz CT molecular complexity index is 1440. The van der Waals surface area contributed by atoms with E-state index >= 15 is 0 Å². The van der Waals surface area contributed by atoms with Gasteiger partial charge in [-0.1, -0.05) is 73.2 Å². The summed E-state index contributed by atoms with van der Waals surface area (Å²) in [6, 6.07) is 21.1. The average molecular weight is 599 g/mol. The van der Waals surface area contributed by atoms with Crippen LogP contribution in [-0.2, 0) is 11.2 Å². The summed E-state index contributed by atoms with van der Waals surface area (Å²) in [6.45, 7) is 6.81. The number of ether oxygens (including phenoxy) is 1. The first kappa shape index (κ1) is 32.3. The lowest BCUT2D eigenvalue weighted by Crippen LogP contribution is -2.37. The van der Waals surface area contributed by atoms with E-state index in [1.54, 1.807) is 18.1 Å². The molecular formula is C31H33F3N4O3S. The van der Waals surface area contributed by atoms with E-state index in [1.807, 2.05) is 44.2 Å². The first-order chi connectivity index (χ1) is 20.0. The Balaban J connectivity index is 0.000000312. The standard InChI is InChI=1S/C23H27N3O2S.C8H6F3NO/c1-5-6-12-26(20(27)15-18-10-8-7-9-11-18)23-25-24-22(29-23)19-13-16(2)21(28-4)17(3)14-19;9-8(10,11)12-7(13)6-4-2-1-3-5-6/h7-11,13-14H,5-6,12,15H2,1-4H3;1-5H,(H,12,13). The number of amides is 2. The van der Waals surface area contributed by atoms with E-state index in [0.717, 1.165) is 51.2 Å². The third-order valence-corrected chi connectivity index (χ3v) is 7.08. The number of benzene rings is 3. The van der Waals surface area contributed by atoms with Gasteiger partial charge in [-0.2, -0.15) is 13.2 Å². The molecule has 1 aromatic heterocycles. The molecule has 2 amide bonds. The average Bonchev–Trinajstić information content (AvgIpc) is 3.44. The zero-order chi connectivity index (χ0) is 30.7. The Morgan fingerprint density at radius 2 is 1.55 bits per heavy atom. The van der Waals surface area contributed by atoms with Crippen molar-refractivity contribution in [2.45, 2.75) is 46.3 Å². The van der Waals surface area contributed by atoms with Crippen molar-refractivity contribution in [1.29, 1.82) is 0 Å². The van der Waals surface area contributed by atoms with Gasteiger partial charge in [0.15, 0.2) is 0 Å². The molecule has 0 aliphatic rings. The molecule has 4 aromatic rings. The third kappa shape index (κ3) is 9.41. The maximum Gasteiger partial charge on any atom is 0.484 e. The Hall–Kier alpha value is -4.25. The number of alkyl halides is 3. The summed E-state index contributed by atoms with van der Waals surface area (Å²) < 4.78 is 40.4. The number of unbranched alkanes of at least 4 members (excludes halogenated alkanes) is 1. The number of carbonyl (C=O) groups excluding carboxylic acids is 2. The number of carbonyl (C=O) groups is 2. The Morgan fingerprint density at radius 1 is 0.952 bits per heavy atom. The predicted octanol–water partition coefficient (Wildman–Crippen LogP) is 7.14. The van der Waals surface area contributed by atoms with Crippen LogP contribution in [0.4, 0.5) is 18.3 Å². The second-order valence-corrected chi connectivity index (χ2v) is 10.4. The second-order valence-electron chi connectivity index (χ2n) is 9.41. The van der Waals surface area contributed by atoms with Gasteiger partial charge in [-0.25, -0.2) is 0 Å². The molecular weight excluding hydrogens is 565 g/mol. The van der Waals surface area contributed by atoms with Gasteiger partial charge in [-0.05, 0) is 61.2 Å². The van der Waals surface area contributed by atoms with Crippen LogP contribution in [0.1, 0.15) is 46.8 Å². The van der Waals surface area contributed by atoms with Crippen molar-refractivity contribution in [1.82, 2.24) is 15.5 Å². The summed E-state index contributed by atoms with van der Waals surface area (Å²) in [7, 11) is 1.68. The molecule has 0 unspecified atom stereocenters. The summed E-state index contributed by atoms with van der Waals surface area (Å²) in [5, 5.41) is 11.1. The van der Waals surface area contributed by atoms with Crippen LogP contribution in [0, 0.1) is 13.8 Å². The molecule has 0 aliphatic carbocycles. The smallest absolute Gasteiger partial charge is 0.484 e. The van der Waals surface area contributed by atoms with Gasteiger partial charge < -0.3 is 4.74 Å². The van der Waals surface area contributed by atoms with Gasteiger partial charge in [0.05, 0.1) is 13.5 Å². The third-order valence-electron chi connectivity index (χ3n) is 6.08. The van der Waals surface area contributed by atoms with Crippen LogP contribution in [-0.4, -0.2) is 42.0 Å². The summed E-state index contributed by atoms with van der Waals surface area (Å²) >= 11 is 1.46. The van der Waals surface area contributed by atoms with Crippen LogP contribution in [0.2, 0.25) is 0 Å². The summed E-state index contributed by atoms with van der Waals surface area (Å²) in [5.74, 6) is -0.205. The van der Waals surface area contributed by atoms with Gasteiger partial charge in [0.2, 0.25) is 11.0 Å². The lowest BCUT2D eigenvalue weighted by molar-refractivity contribution is -0.146. The van der Waals surface area contributed by atoms with Gasteiger partial charge in [-0.15, -0.1) is 10.2 Å². The minimum absolute atomic E-state index is 0.0141. The quantitative estimate of drug-likeness (QED) is 0.207. The van der Waals surface area contributed by atoms with E-state index in [4.69, 9.17) is 4.74 Å². The molecule has 1 heterocycles. The second kappa shape index (κ2) is 15.1. The van der Waals surface area contributed by atoms with Crippen molar-refractivity contribution in [3.8, 4) is 16.3 Å². The summed E-state index contributed by atoms with van der Waals surface area (Å²) in [5.41, 5.74) is 4.10. The van der Waals surface area contributed by atoms with Crippen molar-refractivity contribution in [3.05, 3.63) is 95.1 Å². The SMILES string of the molecule is CCCCN(C(=O)Cc1ccccc1)c1nnc(-c2cc(C)c(OC)c(C)c2)s1.O=C(NC(F)(F)F)c1ccccc1. The van der Waals surface area contributed by atoms with E-state index in [-0.39, 0.29) is 11.5 Å². The molecule has 0 fully saturated rings. The van der Waals surface area contributed by atoms with Crippen molar-refractivity contribution < 1.29 is 27.5 Å². The molecule has 1 N–H and O–H groups in total. The lowest BCUT2D eigenvalue weighted by atomic mass is 10.1. The van der Waals surface area contributed by atoms with E-state index in [9.17, 15) is 22.8 Å². The first-order valence-corrected chi connectivity index (χ1v) is 14.1. The van der Waals surface area contributed by atoms with Crippen LogP contribution in [0.3, 0.4) is 0 Å². The predicted molar refractivity (Wildman–Crippen MR) is 159 cm³/mol. The normalized spacial score (nSPS) is 10.8. The minimum atomic E-state index is -4.67. The molecule has 11 heteroatoms. The Morgan fingerprint density at radius 3 is 2.10 bits per heavy atom. The van der Waals surface area contributed by atoms with Crippen molar-refractivity contribution in [3.63, 3.8) is 0 Å². The number of rotatable bonds is 9. The zero-order valence-electron chi connectivity index (χ0n) is 23.9. The number of nitrogens with zero attached hydrogens (tertiary/aromatic N) is 3. The minimum Gasteiger partial charge on any atom is -0.496 e. The van der Waals surface area contributed by atoms with E-state index in [2.05, 4.69) is 29.3 Å². The fraction of sp³-hybridized carbons (Fsp3) is 0.290. The monoisotopic (exact) mass is 598 g/mol. The highest BCUT2D eigenvalue weighted by Gasteiger charge is 2.30. The molecule has 222 valence electrons. The number of nitrogens with one attached hydrogen (secondary N) is 1. The maximum atomic E-state index is 13.0. The highest BCUT2D eigenvalue weighted by Crippen LogP contribution is 2.34. The lowest BCUT2D eigenvalue weighted by Gasteiger charge is -2.19. The number of hydrogen-bond acceptors (Lipinski definition) is 6. The summed E-state index contributed by atoms with van der Waals surface area (Å²) in [6.07, 6.45) is -2.37. The number of halogens is 3. The molecule has 0 saturated heterocycles. The van der Waals surface area contributed by atoms with Crippen molar-refractivity contribution >= 4 is 28.3 Å². The number of anilines is 1. The van der Waals surface area contributed by atoms with Gasteiger partial charge in [-0.3, -0.25) is 19.8 Å². The van der Waals surface area contributed by atoms with Crippen molar-refractivity contribution in [2.24, 2.45) is 0 Å². The topological polar surface area (TPSA) is 84.4 Å². The highest BCUT2D eigenvalue weighted by atomic mass is 32.1. The fourth-order valence-corrected chi connectivity index (χ4v) is 5.01. The number of methoxy groups -OCH3 is 1. The number of hydrogen-bond donors (Lipinski definition) is 1. The Labute approximate surface area is 247 Å². The highest BCUT2D eigenvalue weighted by molar-refractivity contribution is 7.18. The molecule has 0 saturated carbocycles. The zero-order valence-corrected chi connectivity index (χ0v) is 24.7. The molecule has 0 spiro atoms. The molecule has 7 nitrogen and oxygen atoms in total. The van der Waals surface area contributed by atoms with Crippen LogP contribution in [0.5, 0.6) is 5.75 Å². The molecule has 4 rings (SSSR count). The number of aryl methyl sites for hydroxylation is 2. The van der Waals surface area contributed by atoms with Gasteiger partial charge >= 0.3 is 6.30 Å². The Kier molecular flexibility index (Phi) is 11.6. The first-order valence-electron chi connectivity index (χ1n) is 13.3. The van der Waals surface area contributed by atoms with Crippen LogP contribution < -0.4 is 15.0 Å². The molecule has 42 heavy (non-hydrogen) atoms. The van der Waals surface area contributed by atoms with Crippen LogP contribution >= 0.6 is 11.3 Å². The van der Waals surface area contributed by atoms with Crippen LogP contribution in [0.25, 0.3) is 10.6 Å². The molecule has 3 aromatic carbocycles. The largest absolute Gasteiger partial charge is 0.496 e. The van der Waals surface area contributed by atoms with E-state index in [0.29, 0.717) is 18.1 Å². The fourth-order valence-electron chi connectivity index (χ4n) is 4.14. The molecule has 0 bridgehead atoms. The van der Waals surface area contributed by atoms with Gasteiger partial charge in [0, 0.05) is 17.7 Å². The summed E-state index contributed by atoms with van der Waals surface area (Å²) in [4.78, 5) is 25.6. The van der Waals surface area contributed by atoms with Crippen LogP contribution in [0.15, 0.2) is 72.8 Å². The van der Waals surface area contributed by atoms with Gasteiger partial charge in [0.1, 0.15) is 10.8 Å². The van der Waals surface area contributed by atoms with E-state index < -0.39 is 12.2 Å². The molecule has 0 atom stereocenters. The van der Waals surface area contributed by atoms with E-state index in [1.165, 1.54) is 35.6 Å². The number of aromatic nitrogens is 2. The maximum absolute atomic E-state index is 13.0. The molecule has 0 radical (unpaired) electrons. The molecule has 0 aliphatic heterocycles. The van der Waals surface area contributed by atoms with Crippen molar-refractivity contribution in [2.75, 3.05) is 18.6 Å². The van der Waals surface area contributed by atoms with Gasteiger partial charge in [0.25, 0.3) is 5.91 Å².